The number of aryl methyl sites for hydroxylation is 1. The van der Waals surface area contributed by atoms with Gasteiger partial charge in [-0.3, -0.25) is 4.79 Å². The lowest BCUT2D eigenvalue weighted by Gasteiger charge is -2.16. The Labute approximate surface area is 143 Å². The van der Waals surface area contributed by atoms with E-state index in [0.29, 0.717) is 31.7 Å². The molecule has 0 radical (unpaired) electrons. The Hall–Kier alpha value is -2.30. The molecule has 0 aliphatic heterocycles. The smallest absolute Gasteiger partial charge is 0.308 e. The SMILES string of the molecule is CCCC(=O)C(CCn1cnc([N+](=O)CC)c1C)c1ccccc1. The Kier molecular flexibility index (Phi) is 6.41. The van der Waals surface area contributed by atoms with Crippen molar-refractivity contribution in [2.24, 2.45) is 0 Å². The topological polar surface area (TPSA) is 55.0 Å². The first-order valence-electron chi connectivity index (χ1n) is 8.62. The summed E-state index contributed by atoms with van der Waals surface area (Å²) in [5.74, 6) is 0.639. The van der Waals surface area contributed by atoms with Crippen LogP contribution in [0.15, 0.2) is 36.7 Å². The predicted molar refractivity (Wildman–Crippen MR) is 94.5 cm³/mol. The first kappa shape index (κ1) is 18.0. The van der Waals surface area contributed by atoms with Crippen LogP contribution in [0.3, 0.4) is 0 Å². The molecule has 1 aromatic heterocycles. The fourth-order valence-corrected chi connectivity index (χ4v) is 2.94. The Morgan fingerprint density at radius 1 is 1.25 bits per heavy atom. The average Bonchev–Trinajstić information content (AvgIpc) is 2.96. The highest BCUT2D eigenvalue weighted by molar-refractivity contribution is 5.85. The number of Topliss-reactive ketones (excluding diaryl/α,β-unsaturated/α-hetero) is 1. The van der Waals surface area contributed by atoms with E-state index >= 15 is 0 Å². The molecule has 0 saturated carbocycles. The molecule has 0 spiro atoms. The molecule has 0 fully saturated rings. The summed E-state index contributed by atoms with van der Waals surface area (Å²) in [4.78, 5) is 28.5. The summed E-state index contributed by atoms with van der Waals surface area (Å²) < 4.78 is 2.85. The van der Waals surface area contributed by atoms with E-state index in [1.165, 1.54) is 0 Å². The van der Waals surface area contributed by atoms with Crippen molar-refractivity contribution >= 4 is 11.6 Å². The molecule has 0 aliphatic carbocycles. The third-order valence-corrected chi connectivity index (χ3v) is 4.34. The van der Waals surface area contributed by atoms with Crippen molar-refractivity contribution in [3.8, 4) is 0 Å². The summed E-state index contributed by atoms with van der Waals surface area (Å²) in [6.45, 7) is 6.78. The predicted octanol–water partition coefficient (Wildman–Crippen LogP) is 4.16. The normalized spacial score (nSPS) is 12.1. The molecule has 0 bridgehead atoms. The zero-order valence-electron chi connectivity index (χ0n) is 14.7. The van der Waals surface area contributed by atoms with Crippen LogP contribution in [0.5, 0.6) is 0 Å². The average molecular weight is 328 g/mol. The van der Waals surface area contributed by atoms with Gasteiger partial charge in [0.15, 0.2) is 0 Å². The second kappa shape index (κ2) is 8.52. The van der Waals surface area contributed by atoms with Gasteiger partial charge in [0.25, 0.3) is 0 Å². The largest absolute Gasteiger partial charge is 0.381 e. The van der Waals surface area contributed by atoms with Crippen molar-refractivity contribution in [1.82, 2.24) is 9.55 Å². The molecule has 5 nitrogen and oxygen atoms in total. The molecule has 0 saturated heterocycles. The number of carbonyl (C=O) groups is 1. The van der Waals surface area contributed by atoms with E-state index in [2.05, 4.69) is 4.98 Å². The monoisotopic (exact) mass is 328 g/mol. The molecule has 0 aliphatic rings. The van der Waals surface area contributed by atoms with Crippen LogP contribution in [0.1, 0.15) is 50.3 Å². The van der Waals surface area contributed by atoms with Gasteiger partial charge in [0.2, 0.25) is 6.33 Å². The Balaban J connectivity index is 2.15. The van der Waals surface area contributed by atoms with Gasteiger partial charge in [0.1, 0.15) is 18.0 Å². The highest BCUT2D eigenvalue weighted by atomic mass is 16.3. The number of benzene rings is 1. The summed E-state index contributed by atoms with van der Waals surface area (Å²) in [5.41, 5.74) is 1.91. The van der Waals surface area contributed by atoms with Crippen LogP contribution >= 0.6 is 0 Å². The molecule has 1 atom stereocenters. The van der Waals surface area contributed by atoms with Crippen LogP contribution in [0, 0.1) is 11.8 Å². The van der Waals surface area contributed by atoms with Crippen molar-refractivity contribution in [3.63, 3.8) is 0 Å². The molecule has 1 unspecified atom stereocenters. The minimum Gasteiger partial charge on any atom is -0.308 e. The maximum Gasteiger partial charge on any atom is 0.381 e. The summed E-state index contributed by atoms with van der Waals surface area (Å²) in [5, 5.41) is 0. The minimum atomic E-state index is -0.106. The lowest BCUT2D eigenvalue weighted by atomic mass is 9.89. The number of nitroso groups, excluding NO2 is 1. The maximum absolute atomic E-state index is 12.5. The van der Waals surface area contributed by atoms with Crippen molar-refractivity contribution in [2.75, 3.05) is 6.54 Å². The number of hydrogen-bond donors (Lipinski definition) is 0. The van der Waals surface area contributed by atoms with Crippen LogP contribution < -0.4 is 0 Å². The Morgan fingerprint density at radius 3 is 2.58 bits per heavy atom. The van der Waals surface area contributed by atoms with Gasteiger partial charge in [-0.25, -0.2) is 0 Å². The van der Waals surface area contributed by atoms with E-state index in [9.17, 15) is 9.70 Å². The number of aromatic nitrogens is 2. The quantitative estimate of drug-likeness (QED) is 0.649. The minimum absolute atomic E-state index is 0.106. The van der Waals surface area contributed by atoms with E-state index in [0.717, 1.165) is 22.4 Å². The van der Waals surface area contributed by atoms with Gasteiger partial charge in [0.05, 0.1) is 0 Å². The summed E-state index contributed by atoms with van der Waals surface area (Å²) in [7, 11) is 0. The molecule has 0 amide bonds. The molecular formula is C19H26N3O2+. The van der Waals surface area contributed by atoms with E-state index in [1.807, 2.05) is 48.7 Å². The third-order valence-electron chi connectivity index (χ3n) is 4.34. The molecular weight excluding hydrogens is 302 g/mol. The Morgan fingerprint density at radius 2 is 1.96 bits per heavy atom. The number of rotatable bonds is 9. The summed E-state index contributed by atoms with van der Waals surface area (Å²) >= 11 is 0. The molecule has 128 valence electrons. The molecule has 1 aromatic carbocycles. The zero-order valence-corrected chi connectivity index (χ0v) is 14.7. The first-order chi connectivity index (χ1) is 11.6. The summed E-state index contributed by atoms with van der Waals surface area (Å²) in [6, 6.07) is 9.93. The van der Waals surface area contributed by atoms with Gasteiger partial charge in [-0.1, -0.05) is 42.2 Å². The molecule has 0 N–H and O–H groups in total. The van der Waals surface area contributed by atoms with Crippen molar-refractivity contribution in [1.29, 1.82) is 0 Å². The van der Waals surface area contributed by atoms with Crippen molar-refractivity contribution in [2.45, 2.75) is 52.5 Å². The fraction of sp³-hybridized carbons (Fsp3) is 0.474. The van der Waals surface area contributed by atoms with Gasteiger partial charge >= 0.3 is 5.82 Å². The van der Waals surface area contributed by atoms with Crippen LogP contribution in [0.2, 0.25) is 0 Å². The second-order valence-corrected chi connectivity index (χ2v) is 6.01. The second-order valence-electron chi connectivity index (χ2n) is 6.01. The van der Waals surface area contributed by atoms with Crippen molar-refractivity contribution in [3.05, 3.63) is 52.8 Å². The van der Waals surface area contributed by atoms with E-state index < -0.39 is 0 Å². The fourth-order valence-electron chi connectivity index (χ4n) is 2.94. The third kappa shape index (κ3) is 4.16. The number of carbonyl (C=O) groups excluding carboxylic acids is 1. The standard InChI is InChI=1S/C19H26N3O2/c1-4-9-18(23)17(16-10-7-6-8-11-16)12-13-21-14-20-19(15(21)3)22(24)5-2/h6-8,10-11,14,17H,4-5,9,12-13H2,1-3H3/q+1. The van der Waals surface area contributed by atoms with E-state index in [4.69, 9.17) is 0 Å². The highest BCUT2D eigenvalue weighted by Gasteiger charge is 2.23. The number of ketones is 1. The molecule has 1 heterocycles. The van der Waals surface area contributed by atoms with Gasteiger partial charge in [-0.05, 0) is 42.0 Å². The Bertz CT molecular complexity index is 692. The van der Waals surface area contributed by atoms with Gasteiger partial charge in [0, 0.05) is 18.9 Å². The maximum atomic E-state index is 12.5. The van der Waals surface area contributed by atoms with E-state index in [1.54, 1.807) is 13.3 Å². The number of hydrogen-bond acceptors (Lipinski definition) is 3. The van der Waals surface area contributed by atoms with E-state index in [-0.39, 0.29) is 11.7 Å². The highest BCUT2D eigenvalue weighted by Crippen LogP contribution is 2.25. The van der Waals surface area contributed by atoms with Crippen LogP contribution in [-0.2, 0) is 11.3 Å². The van der Waals surface area contributed by atoms with Crippen LogP contribution in [0.4, 0.5) is 5.82 Å². The van der Waals surface area contributed by atoms with Gasteiger partial charge in [-0.15, -0.1) is 0 Å². The lowest BCUT2D eigenvalue weighted by molar-refractivity contribution is -0.463. The number of imidazole rings is 1. The molecule has 5 heteroatoms. The van der Waals surface area contributed by atoms with Crippen LogP contribution in [0.25, 0.3) is 0 Å². The number of nitrogens with zero attached hydrogens (tertiary/aromatic N) is 3. The van der Waals surface area contributed by atoms with Crippen LogP contribution in [-0.4, -0.2) is 26.6 Å². The van der Waals surface area contributed by atoms with Crippen molar-refractivity contribution < 1.29 is 9.55 Å². The zero-order chi connectivity index (χ0) is 17.5. The lowest BCUT2D eigenvalue weighted by Crippen LogP contribution is -2.15. The molecule has 2 aromatic rings. The molecule has 2 rings (SSSR count). The molecule has 24 heavy (non-hydrogen) atoms. The summed E-state index contributed by atoms with van der Waals surface area (Å²) in [6.07, 6.45) is 3.86. The van der Waals surface area contributed by atoms with Gasteiger partial charge < -0.3 is 4.57 Å². The first-order valence-corrected chi connectivity index (χ1v) is 8.62. The van der Waals surface area contributed by atoms with Gasteiger partial charge in [-0.2, -0.15) is 0 Å².